The van der Waals surface area contributed by atoms with Gasteiger partial charge >= 0.3 is 0 Å². The summed E-state index contributed by atoms with van der Waals surface area (Å²) in [6, 6.07) is 5.68. The molecule has 1 aromatic carbocycles. The number of hydrogen-bond donors (Lipinski definition) is 3. The monoisotopic (exact) mass is 297 g/mol. The standard InChI is InChI=1S/C14H20ClN3O2/c15-10-4-5-13(12(9-10)14(16)17-20)18-7-2-1-3-11(18)6-8-19/h4-5,9,11,19-20H,1-3,6-8H2,(H2,16,17). The lowest BCUT2D eigenvalue weighted by Crippen LogP contribution is -2.41. The van der Waals surface area contributed by atoms with Gasteiger partial charge in [-0.1, -0.05) is 16.8 Å². The molecule has 0 amide bonds. The minimum absolute atomic E-state index is 0.0517. The summed E-state index contributed by atoms with van der Waals surface area (Å²) >= 11 is 6.00. The molecule has 1 heterocycles. The van der Waals surface area contributed by atoms with Crippen molar-refractivity contribution < 1.29 is 10.3 Å². The van der Waals surface area contributed by atoms with Crippen LogP contribution in [0, 0.1) is 0 Å². The van der Waals surface area contributed by atoms with Crippen LogP contribution in [-0.2, 0) is 0 Å². The molecule has 0 spiro atoms. The molecule has 1 unspecified atom stereocenters. The average molecular weight is 298 g/mol. The Bertz CT molecular complexity index is 491. The molecule has 1 aliphatic rings. The fraction of sp³-hybridized carbons (Fsp3) is 0.500. The molecule has 6 heteroatoms. The molecule has 1 saturated heterocycles. The van der Waals surface area contributed by atoms with Crippen LogP contribution in [0.4, 0.5) is 5.69 Å². The van der Waals surface area contributed by atoms with Crippen molar-refractivity contribution in [3.63, 3.8) is 0 Å². The van der Waals surface area contributed by atoms with Gasteiger partial charge in [-0.3, -0.25) is 0 Å². The highest BCUT2D eigenvalue weighted by atomic mass is 35.5. The second kappa shape index (κ2) is 6.81. The first-order chi connectivity index (χ1) is 9.67. The van der Waals surface area contributed by atoms with Crippen molar-refractivity contribution in [2.45, 2.75) is 31.7 Å². The first-order valence-corrected chi connectivity index (χ1v) is 7.20. The van der Waals surface area contributed by atoms with E-state index in [9.17, 15) is 5.11 Å². The fourth-order valence-corrected chi connectivity index (χ4v) is 2.96. The Morgan fingerprint density at radius 1 is 1.45 bits per heavy atom. The Balaban J connectivity index is 2.39. The number of rotatable bonds is 4. The van der Waals surface area contributed by atoms with Gasteiger partial charge in [-0.2, -0.15) is 0 Å². The summed E-state index contributed by atoms with van der Waals surface area (Å²) in [5.41, 5.74) is 7.29. The van der Waals surface area contributed by atoms with E-state index in [-0.39, 0.29) is 18.5 Å². The summed E-state index contributed by atoms with van der Waals surface area (Å²) in [5, 5.41) is 21.8. The highest BCUT2D eigenvalue weighted by molar-refractivity contribution is 6.31. The van der Waals surface area contributed by atoms with Gasteiger partial charge < -0.3 is 20.9 Å². The van der Waals surface area contributed by atoms with Crippen LogP contribution in [0.1, 0.15) is 31.2 Å². The summed E-state index contributed by atoms with van der Waals surface area (Å²) in [6.07, 6.45) is 4.02. The fourth-order valence-electron chi connectivity index (χ4n) is 2.78. The van der Waals surface area contributed by atoms with Gasteiger partial charge in [0, 0.05) is 35.5 Å². The summed E-state index contributed by atoms with van der Waals surface area (Å²) < 4.78 is 0. The lowest BCUT2D eigenvalue weighted by atomic mass is 9.97. The maximum absolute atomic E-state index is 9.22. The molecular formula is C14H20ClN3O2. The van der Waals surface area contributed by atoms with Crippen molar-refractivity contribution in [1.29, 1.82) is 0 Å². The zero-order chi connectivity index (χ0) is 14.5. The van der Waals surface area contributed by atoms with Crippen molar-refractivity contribution >= 4 is 23.1 Å². The number of aliphatic hydroxyl groups excluding tert-OH is 1. The van der Waals surface area contributed by atoms with Crippen LogP contribution in [0.5, 0.6) is 0 Å². The first kappa shape index (κ1) is 14.9. The number of benzene rings is 1. The maximum Gasteiger partial charge on any atom is 0.172 e. The third-order valence-electron chi connectivity index (χ3n) is 3.74. The number of nitrogens with two attached hydrogens (primary N) is 1. The third kappa shape index (κ3) is 3.16. The molecule has 0 saturated carbocycles. The van der Waals surface area contributed by atoms with Crippen LogP contribution in [-0.4, -0.2) is 35.3 Å². The van der Waals surface area contributed by atoms with Gasteiger partial charge in [-0.15, -0.1) is 0 Å². The lowest BCUT2D eigenvalue weighted by molar-refractivity contribution is 0.262. The molecule has 1 aliphatic heterocycles. The Kier molecular flexibility index (Phi) is 5.09. The average Bonchev–Trinajstić information content (AvgIpc) is 2.47. The predicted octanol–water partition coefficient (Wildman–Crippen LogP) is 2.18. The van der Waals surface area contributed by atoms with Gasteiger partial charge in [0.25, 0.3) is 0 Å². The minimum atomic E-state index is 0.0517. The molecule has 0 aliphatic carbocycles. The molecule has 20 heavy (non-hydrogen) atoms. The van der Waals surface area contributed by atoms with Crippen molar-refractivity contribution in [2.75, 3.05) is 18.1 Å². The number of piperidine rings is 1. The van der Waals surface area contributed by atoms with Crippen LogP contribution < -0.4 is 10.6 Å². The lowest BCUT2D eigenvalue weighted by Gasteiger charge is -2.38. The molecule has 110 valence electrons. The highest BCUT2D eigenvalue weighted by Crippen LogP contribution is 2.31. The van der Waals surface area contributed by atoms with E-state index in [1.54, 1.807) is 12.1 Å². The quantitative estimate of drug-likeness (QED) is 0.344. The maximum atomic E-state index is 9.22. The topological polar surface area (TPSA) is 82.1 Å². The van der Waals surface area contributed by atoms with Gasteiger partial charge in [0.05, 0.1) is 0 Å². The van der Waals surface area contributed by atoms with Gasteiger partial charge in [-0.05, 0) is 43.9 Å². The summed E-state index contributed by atoms with van der Waals surface area (Å²) in [5.74, 6) is 0.0517. The first-order valence-electron chi connectivity index (χ1n) is 6.82. The van der Waals surface area contributed by atoms with Gasteiger partial charge in [0.2, 0.25) is 0 Å². The van der Waals surface area contributed by atoms with Gasteiger partial charge in [0.15, 0.2) is 5.84 Å². The van der Waals surface area contributed by atoms with E-state index < -0.39 is 0 Å². The largest absolute Gasteiger partial charge is 0.409 e. The minimum Gasteiger partial charge on any atom is -0.409 e. The zero-order valence-corrected chi connectivity index (χ0v) is 12.1. The van der Waals surface area contributed by atoms with E-state index in [1.165, 1.54) is 0 Å². The molecule has 1 aromatic rings. The summed E-state index contributed by atoms with van der Waals surface area (Å²) in [4.78, 5) is 2.23. The Morgan fingerprint density at radius 3 is 2.95 bits per heavy atom. The van der Waals surface area contributed by atoms with E-state index >= 15 is 0 Å². The normalized spacial score (nSPS) is 20.2. The van der Waals surface area contributed by atoms with Gasteiger partial charge in [0.1, 0.15) is 0 Å². The van der Waals surface area contributed by atoms with E-state index in [4.69, 9.17) is 22.5 Å². The Hall–Kier alpha value is -1.46. The number of nitrogens with zero attached hydrogens (tertiary/aromatic N) is 2. The number of anilines is 1. The van der Waals surface area contributed by atoms with E-state index in [0.29, 0.717) is 10.6 Å². The van der Waals surface area contributed by atoms with Crippen LogP contribution in [0.25, 0.3) is 0 Å². The summed E-state index contributed by atoms with van der Waals surface area (Å²) in [6.45, 7) is 1.06. The molecule has 0 aromatic heterocycles. The molecule has 0 bridgehead atoms. The number of oxime groups is 1. The highest BCUT2D eigenvalue weighted by Gasteiger charge is 2.25. The predicted molar refractivity (Wildman–Crippen MR) is 80.7 cm³/mol. The van der Waals surface area contributed by atoms with Crippen LogP contribution in [0.15, 0.2) is 23.4 Å². The molecule has 1 atom stereocenters. The van der Waals surface area contributed by atoms with Crippen LogP contribution in [0.3, 0.4) is 0 Å². The molecule has 5 nitrogen and oxygen atoms in total. The van der Waals surface area contributed by atoms with E-state index in [2.05, 4.69) is 10.1 Å². The second-order valence-electron chi connectivity index (χ2n) is 5.00. The zero-order valence-electron chi connectivity index (χ0n) is 11.3. The second-order valence-corrected chi connectivity index (χ2v) is 5.44. The number of aliphatic hydroxyl groups is 1. The molecule has 1 fully saturated rings. The third-order valence-corrected chi connectivity index (χ3v) is 3.98. The number of hydrogen-bond acceptors (Lipinski definition) is 4. The smallest absolute Gasteiger partial charge is 0.172 e. The van der Waals surface area contributed by atoms with Crippen LogP contribution in [0.2, 0.25) is 5.02 Å². The molecule has 4 N–H and O–H groups in total. The molecule has 2 rings (SSSR count). The number of amidine groups is 1. The van der Waals surface area contributed by atoms with Gasteiger partial charge in [-0.25, -0.2) is 0 Å². The summed E-state index contributed by atoms with van der Waals surface area (Å²) in [7, 11) is 0. The molecular weight excluding hydrogens is 278 g/mol. The molecule has 0 radical (unpaired) electrons. The SMILES string of the molecule is NC(=NO)c1cc(Cl)ccc1N1CCCCC1CCO. The van der Waals surface area contributed by atoms with E-state index in [1.807, 2.05) is 6.07 Å². The Labute approximate surface area is 123 Å². The van der Waals surface area contributed by atoms with Crippen LogP contribution >= 0.6 is 11.6 Å². The van der Waals surface area contributed by atoms with Crippen molar-refractivity contribution in [2.24, 2.45) is 10.9 Å². The van der Waals surface area contributed by atoms with Crippen molar-refractivity contribution in [1.82, 2.24) is 0 Å². The van der Waals surface area contributed by atoms with Crippen molar-refractivity contribution in [3.8, 4) is 0 Å². The number of halogens is 1. The van der Waals surface area contributed by atoms with Crippen molar-refractivity contribution in [3.05, 3.63) is 28.8 Å². The van der Waals surface area contributed by atoms with E-state index in [0.717, 1.165) is 37.9 Å². The Morgan fingerprint density at radius 2 is 2.25 bits per heavy atom.